The molecule has 1 fully saturated rings. The van der Waals surface area contributed by atoms with Crippen molar-refractivity contribution in [2.24, 2.45) is 0 Å². The minimum Gasteiger partial charge on any atom is -0.341 e. The van der Waals surface area contributed by atoms with Gasteiger partial charge in [-0.25, -0.2) is 4.98 Å². The number of aromatic nitrogens is 3. The summed E-state index contributed by atoms with van der Waals surface area (Å²) < 4.78 is 0. The van der Waals surface area contributed by atoms with Crippen LogP contribution in [-0.2, 0) is 11.2 Å². The van der Waals surface area contributed by atoms with E-state index in [1.54, 1.807) is 0 Å². The molecule has 1 N–H and O–H groups in total. The van der Waals surface area contributed by atoms with E-state index < -0.39 is 0 Å². The smallest absolute Gasteiger partial charge is 0.230 e. The van der Waals surface area contributed by atoms with Crippen molar-refractivity contribution in [1.29, 1.82) is 0 Å². The molecule has 2 aromatic rings. The number of nitrogens with one attached hydrogen (secondary N) is 1. The summed E-state index contributed by atoms with van der Waals surface area (Å²) in [5, 5.41) is 7.14. The number of hydrogen-bond donors (Lipinski definition) is 1. The molecule has 1 aromatic carbocycles. The minimum absolute atomic E-state index is 0.125. The lowest BCUT2D eigenvalue weighted by Gasteiger charge is -2.28. The summed E-state index contributed by atoms with van der Waals surface area (Å²) >= 11 is 0. The van der Waals surface area contributed by atoms with E-state index in [-0.39, 0.29) is 12.3 Å². The zero-order chi connectivity index (χ0) is 16.9. The summed E-state index contributed by atoms with van der Waals surface area (Å²) in [6.07, 6.45) is 3.67. The molecule has 0 radical (unpaired) electrons. The van der Waals surface area contributed by atoms with Gasteiger partial charge < -0.3 is 9.80 Å². The molecule has 1 saturated heterocycles. The van der Waals surface area contributed by atoms with Crippen molar-refractivity contribution in [2.45, 2.75) is 31.7 Å². The first kappa shape index (κ1) is 16.6. The number of amides is 1. The first-order chi connectivity index (χ1) is 11.6. The highest BCUT2D eigenvalue weighted by Gasteiger charge is 2.24. The van der Waals surface area contributed by atoms with Crippen LogP contribution in [0, 0.1) is 0 Å². The van der Waals surface area contributed by atoms with Gasteiger partial charge in [0.25, 0.3) is 0 Å². The molecule has 3 rings (SSSR count). The highest BCUT2D eigenvalue weighted by molar-refractivity contribution is 5.78. The highest BCUT2D eigenvalue weighted by atomic mass is 16.2. The molecule has 1 aromatic heterocycles. The number of nitrogens with zero attached hydrogens (tertiary/aromatic N) is 4. The van der Waals surface area contributed by atoms with Crippen LogP contribution in [0.2, 0.25) is 0 Å². The van der Waals surface area contributed by atoms with Crippen LogP contribution in [0.15, 0.2) is 30.3 Å². The predicted octanol–water partition coefficient (Wildman–Crippen LogP) is 1.96. The molecule has 1 aliphatic rings. The van der Waals surface area contributed by atoms with Crippen molar-refractivity contribution < 1.29 is 4.79 Å². The first-order valence-corrected chi connectivity index (χ1v) is 8.54. The lowest BCUT2D eigenvalue weighted by atomic mass is 10.1. The molecule has 0 unspecified atom stereocenters. The third kappa shape index (κ3) is 4.00. The molecule has 24 heavy (non-hydrogen) atoms. The zero-order valence-corrected chi connectivity index (χ0v) is 14.4. The Hall–Kier alpha value is -2.21. The number of benzene rings is 1. The third-order valence-electron chi connectivity index (χ3n) is 4.61. The van der Waals surface area contributed by atoms with Gasteiger partial charge in [0.15, 0.2) is 5.82 Å². The van der Waals surface area contributed by atoms with Crippen LogP contribution in [0.5, 0.6) is 0 Å². The van der Waals surface area contributed by atoms with Crippen LogP contribution in [0.25, 0.3) is 11.4 Å². The first-order valence-electron chi connectivity index (χ1n) is 8.54. The zero-order valence-electron chi connectivity index (χ0n) is 14.4. The molecule has 1 aliphatic heterocycles. The Morgan fingerprint density at radius 2 is 2.08 bits per heavy atom. The van der Waals surface area contributed by atoms with Crippen molar-refractivity contribution in [3.63, 3.8) is 0 Å². The number of hydrogen-bond acceptors (Lipinski definition) is 4. The normalized spacial score (nSPS) is 18.6. The molecule has 1 atom stereocenters. The summed E-state index contributed by atoms with van der Waals surface area (Å²) in [5.41, 5.74) is 0.954. The van der Waals surface area contributed by atoms with Crippen LogP contribution in [0.4, 0.5) is 0 Å². The molecular formula is C18H25N5O. The minimum atomic E-state index is 0.125. The van der Waals surface area contributed by atoms with E-state index in [0.29, 0.717) is 17.7 Å². The van der Waals surface area contributed by atoms with Crippen LogP contribution >= 0.6 is 0 Å². The van der Waals surface area contributed by atoms with E-state index in [2.05, 4.69) is 34.2 Å². The highest BCUT2D eigenvalue weighted by Crippen LogP contribution is 2.16. The summed E-state index contributed by atoms with van der Waals surface area (Å²) in [7, 11) is 4.17. The Kier molecular flexibility index (Phi) is 5.25. The average Bonchev–Trinajstić information content (AvgIpc) is 2.90. The molecule has 2 heterocycles. The van der Waals surface area contributed by atoms with Gasteiger partial charge in [-0.15, -0.1) is 0 Å². The summed E-state index contributed by atoms with van der Waals surface area (Å²) in [6, 6.07) is 10.2. The van der Waals surface area contributed by atoms with Gasteiger partial charge in [0.05, 0.1) is 6.42 Å². The second-order valence-corrected chi connectivity index (χ2v) is 6.60. The van der Waals surface area contributed by atoms with E-state index in [9.17, 15) is 4.79 Å². The van der Waals surface area contributed by atoms with Crippen LogP contribution < -0.4 is 0 Å². The molecule has 0 saturated carbocycles. The molecule has 6 nitrogen and oxygen atoms in total. The molecular weight excluding hydrogens is 302 g/mol. The Morgan fingerprint density at radius 1 is 1.29 bits per heavy atom. The van der Waals surface area contributed by atoms with Gasteiger partial charge in [-0.2, -0.15) is 5.10 Å². The average molecular weight is 327 g/mol. The van der Waals surface area contributed by atoms with Crippen molar-refractivity contribution >= 4 is 5.91 Å². The summed E-state index contributed by atoms with van der Waals surface area (Å²) in [6.45, 7) is 1.63. The van der Waals surface area contributed by atoms with Crippen molar-refractivity contribution in [2.75, 3.05) is 27.2 Å². The molecule has 1 amide bonds. The number of carbonyl (C=O) groups excluding carboxylic acids is 1. The second kappa shape index (κ2) is 7.57. The van der Waals surface area contributed by atoms with E-state index in [0.717, 1.165) is 31.5 Å². The van der Waals surface area contributed by atoms with E-state index >= 15 is 0 Å². The van der Waals surface area contributed by atoms with Crippen LogP contribution in [-0.4, -0.2) is 64.1 Å². The van der Waals surface area contributed by atoms with Crippen molar-refractivity contribution in [3.8, 4) is 11.4 Å². The number of likely N-dealkylation sites (N-methyl/N-ethyl adjacent to an activating group) is 1. The molecule has 0 bridgehead atoms. The van der Waals surface area contributed by atoms with Gasteiger partial charge in [0, 0.05) is 24.7 Å². The van der Waals surface area contributed by atoms with E-state index in [4.69, 9.17) is 0 Å². The van der Waals surface area contributed by atoms with Crippen LogP contribution in [0.1, 0.15) is 25.1 Å². The lowest BCUT2D eigenvalue weighted by molar-refractivity contribution is -0.131. The third-order valence-corrected chi connectivity index (χ3v) is 4.61. The topological polar surface area (TPSA) is 65.1 Å². The Morgan fingerprint density at radius 3 is 2.83 bits per heavy atom. The van der Waals surface area contributed by atoms with Gasteiger partial charge >= 0.3 is 0 Å². The molecule has 128 valence electrons. The SMILES string of the molecule is CN(C)[C@H]1CCCCN(C(=O)Cc2nc(-c3ccccc3)n[nH]2)C1. The number of aromatic amines is 1. The summed E-state index contributed by atoms with van der Waals surface area (Å²) in [4.78, 5) is 21.3. The van der Waals surface area contributed by atoms with E-state index in [1.807, 2.05) is 35.2 Å². The molecule has 6 heteroatoms. The fraction of sp³-hybridized carbons (Fsp3) is 0.500. The van der Waals surface area contributed by atoms with Crippen molar-refractivity contribution in [3.05, 3.63) is 36.2 Å². The fourth-order valence-electron chi connectivity index (χ4n) is 3.11. The van der Waals surface area contributed by atoms with Gasteiger partial charge in [-0.05, 0) is 26.9 Å². The maximum atomic E-state index is 12.7. The van der Waals surface area contributed by atoms with Crippen LogP contribution in [0.3, 0.4) is 0 Å². The van der Waals surface area contributed by atoms with Gasteiger partial charge in [-0.3, -0.25) is 9.89 Å². The maximum absolute atomic E-state index is 12.7. The predicted molar refractivity (Wildman–Crippen MR) is 93.4 cm³/mol. The van der Waals surface area contributed by atoms with Crippen molar-refractivity contribution in [1.82, 2.24) is 25.0 Å². The second-order valence-electron chi connectivity index (χ2n) is 6.60. The Balaban J connectivity index is 1.65. The number of H-pyrrole nitrogens is 1. The quantitative estimate of drug-likeness (QED) is 0.932. The molecule has 0 aliphatic carbocycles. The molecule has 0 spiro atoms. The Bertz CT molecular complexity index is 667. The Labute approximate surface area is 142 Å². The number of carbonyl (C=O) groups is 1. The van der Waals surface area contributed by atoms with Gasteiger partial charge in [0.2, 0.25) is 5.91 Å². The van der Waals surface area contributed by atoms with E-state index in [1.165, 1.54) is 6.42 Å². The van der Waals surface area contributed by atoms with Gasteiger partial charge in [-0.1, -0.05) is 36.8 Å². The largest absolute Gasteiger partial charge is 0.341 e. The lowest BCUT2D eigenvalue weighted by Crippen LogP contribution is -2.42. The number of likely N-dealkylation sites (tertiary alicyclic amines) is 1. The van der Waals surface area contributed by atoms with Gasteiger partial charge in [0.1, 0.15) is 5.82 Å². The standard InChI is InChI=1S/C18H25N5O/c1-22(2)15-10-6-7-11-23(13-15)17(24)12-16-19-18(21-20-16)14-8-4-3-5-9-14/h3-5,8-9,15H,6-7,10-13H2,1-2H3,(H,19,20,21)/t15-/m0/s1. The fourth-order valence-corrected chi connectivity index (χ4v) is 3.11. The number of rotatable bonds is 4. The maximum Gasteiger partial charge on any atom is 0.230 e. The monoisotopic (exact) mass is 327 g/mol. The summed E-state index contributed by atoms with van der Waals surface area (Å²) in [5.74, 6) is 1.39.